The molecular formula is C25H22F2N4O5S2. The average molecular weight is 561 g/mol. The third-order valence-corrected chi connectivity index (χ3v) is 7.26. The number of carbonyl (C=O) groups is 2. The summed E-state index contributed by atoms with van der Waals surface area (Å²) >= 11 is 2.38. The zero-order valence-corrected chi connectivity index (χ0v) is 22.1. The Kier molecular flexibility index (Phi) is 8.59. The van der Waals surface area contributed by atoms with Crippen molar-refractivity contribution in [3.8, 4) is 34.0 Å². The normalized spacial score (nSPS) is 10.9. The molecule has 13 heteroatoms. The average Bonchev–Trinajstić information content (AvgIpc) is 3.50. The summed E-state index contributed by atoms with van der Waals surface area (Å²) in [5.41, 5.74) is 2.32. The lowest BCUT2D eigenvalue weighted by Crippen LogP contribution is -2.16. The summed E-state index contributed by atoms with van der Waals surface area (Å²) in [4.78, 5) is 25.3. The van der Waals surface area contributed by atoms with Crippen molar-refractivity contribution in [2.45, 2.75) is 11.8 Å². The number of rotatable bonds is 10. The lowest BCUT2D eigenvalue weighted by Gasteiger charge is -2.08. The molecule has 0 saturated heterocycles. The van der Waals surface area contributed by atoms with Crippen molar-refractivity contribution < 1.29 is 32.6 Å². The molecule has 0 spiro atoms. The Morgan fingerprint density at radius 2 is 1.68 bits per heavy atom. The molecule has 0 aliphatic carbocycles. The summed E-state index contributed by atoms with van der Waals surface area (Å²) in [6, 6.07) is 13.2. The first-order chi connectivity index (χ1) is 18.3. The zero-order chi connectivity index (χ0) is 27.2. The summed E-state index contributed by atoms with van der Waals surface area (Å²) < 4.78 is 40.9. The van der Waals surface area contributed by atoms with Crippen LogP contribution in [0.1, 0.15) is 10.4 Å². The van der Waals surface area contributed by atoms with Crippen LogP contribution < -0.4 is 14.8 Å². The standard InChI is InChI=1S/C25H22F2N4O5S2/c1-31-21(15-6-10-17(11-7-15)36-24(26)27)29-30-25(31)38-13-19(32)28-22-20(23(33)35-3)18(12-37-22)14-4-8-16(34-2)9-5-14/h4-12,24H,13H2,1-3H3,(H,28,32). The van der Waals surface area contributed by atoms with Gasteiger partial charge >= 0.3 is 12.6 Å². The van der Waals surface area contributed by atoms with Crippen molar-refractivity contribution in [1.82, 2.24) is 14.8 Å². The van der Waals surface area contributed by atoms with Crippen LogP contribution in [0.2, 0.25) is 0 Å². The number of alkyl halides is 2. The largest absolute Gasteiger partial charge is 0.497 e. The van der Waals surface area contributed by atoms with Gasteiger partial charge in [0.2, 0.25) is 5.91 Å². The summed E-state index contributed by atoms with van der Waals surface area (Å²) in [6.45, 7) is -2.91. The molecule has 0 bridgehead atoms. The van der Waals surface area contributed by atoms with E-state index in [9.17, 15) is 18.4 Å². The van der Waals surface area contributed by atoms with Crippen molar-refractivity contribution in [1.29, 1.82) is 0 Å². The number of thioether (sulfide) groups is 1. The van der Waals surface area contributed by atoms with Crippen LogP contribution in [0, 0.1) is 0 Å². The molecule has 0 radical (unpaired) electrons. The van der Waals surface area contributed by atoms with Gasteiger partial charge in [-0.1, -0.05) is 23.9 Å². The molecule has 0 aliphatic heterocycles. The Balaban J connectivity index is 1.44. The number of hydrogen-bond acceptors (Lipinski definition) is 9. The fraction of sp³-hybridized carbons (Fsp3) is 0.200. The first kappa shape index (κ1) is 27.1. The first-order valence-electron chi connectivity index (χ1n) is 11.0. The molecule has 4 aromatic rings. The molecule has 1 N–H and O–H groups in total. The van der Waals surface area contributed by atoms with Gasteiger partial charge in [0, 0.05) is 23.6 Å². The molecule has 38 heavy (non-hydrogen) atoms. The molecular weight excluding hydrogens is 538 g/mol. The van der Waals surface area contributed by atoms with Crippen molar-refractivity contribution in [3.63, 3.8) is 0 Å². The van der Waals surface area contributed by atoms with E-state index >= 15 is 0 Å². The molecule has 0 saturated carbocycles. The van der Waals surface area contributed by atoms with Gasteiger partial charge in [0.05, 0.1) is 20.0 Å². The third-order valence-electron chi connectivity index (χ3n) is 5.34. The number of methoxy groups -OCH3 is 2. The molecule has 0 atom stereocenters. The number of halogens is 2. The molecule has 0 fully saturated rings. The number of ether oxygens (including phenoxy) is 3. The molecule has 0 unspecified atom stereocenters. The van der Waals surface area contributed by atoms with E-state index in [1.807, 2.05) is 12.1 Å². The number of anilines is 1. The molecule has 9 nitrogen and oxygen atoms in total. The van der Waals surface area contributed by atoms with Crippen molar-refractivity contribution >= 4 is 40.0 Å². The van der Waals surface area contributed by atoms with Gasteiger partial charge < -0.3 is 24.1 Å². The van der Waals surface area contributed by atoms with Crippen LogP contribution in [-0.2, 0) is 16.6 Å². The Bertz CT molecular complexity index is 1420. The highest BCUT2D eigenvalue weighted by atomic mass is 32.2. The number of aromatic nitrogens is 3. The predicted octanol–water partition coefficient (Wildman–Crippen LogP) is 5.34. The highest BCUT2D eigenvalue weighted by Crippen LogP contribution is 2.37. The van der Waals surface area contributed by atoms with Gasteiger partial charge in [-0.05, 0) is 42.0 Å². The maximum Gasteiger partial charge on any atom is 0.387 e. The van der Waals surface area contributed by atoms with Crippen LogP contribution in [0.25, 0.3) is 22.5 Å². The van der Waals surface area contributed by atoms with Gasteiger partial charge in [-0.15, -0.1) is 21.5 Å². The molecule has 0 aliphatic rings. The van der Waals surface area contributed by atoms with Crippen LogP contribution >= 0.6 is 23.1 Å². The minimum Gasteiger partial charge on any atom is -0.497 e. The minimum atomic E-state index is -2.91. The topological polar surface area (TPSA) is 105 Å². The lowest BCUT2D eigenvalue weighted by molar-refractivity contribution is -0.113. The second-order valence-electron chi connectivity index (χ2n) is 7.68. The van der Waals surface area contributed by atoms with E-state index in [1.54, 1.807) is 48.4 Å². The Morgan fingerprint density at radius 1 is 1.03 bits per heavy atom. The maximum atomic E-state index is 12.8. The van der Waals surface area contributed by atoms with Crippen molar-refractivity contribution in [2.75, 3.05) is 25.3 Å². The van der Waals surface area contributed by atoms with Gasteiger partial charge in [0.25, 0.3) is 0 Å². The third kappa shape index (κ3) is 6.11. The summed E-state index contributed by atoms with van der Waals surface area (Å²) in [6.07, 6.45) is 0. The van der Waals surface area contributed by atoms with E-state index in [2.05, 4.69) is 20.3 Å². The molecule has 2 heterocycles. The van der Waals surface area contributed by atoms with Gasteiger partial charge in [-0.3, -0.25) is 4.79 Å². The number of nitrogens with zero attached hydrogens (tertiary/aromatic N) is 3. The van der Waals surface area contributed by atoms with Crippen LogP contribution in [0.15, 0.2) is 59.1 Å². The van der Waals surface area contributed by atoms with E-state index in [1.165, 1.54) is 30.6 Å². The SMILES string of the molecule is COC(=O)c1c(-c2ccc(OC)cc2)csc1NC(=O)CSc1nnc(-c2ccc(OC(F)F)cc2)n1C. The number of carbonyl (C=O) groups excluding carboxylic acids is 2. The minimum absolute atomic E-state index is 0.00349. The molecule has 198 valence electrons. The highest BCUT2D eigenvalue weighted by Gasteiger charge is 2.23. The van der Waals surface area contributed by atoms with Crippen LogP contribution in [0.4, 0.5) is 13.8 Å². The summed E-state index contributed by atoms with van der Waals surface area (Å²) in [5, 5.41) is 13.7. The second kappa shape index (κ2) is 12.0. The van der Waals surface area contributed by atoms with Crippen molar-refractivity contribution in [2.24, 2.45) is 7.05 Å². The van der Waals surface area contributed by atoms with Gasteiger partial charge in [0.15, 0.2) is 11.0 Å². The van der Waals surface area contributed by atoms with E-state index in [0.29, 0.717) is 32.9 Å². The molecule has 4 rings (SSSR count). The number of hydrogen-bond donors (Lipinski definition) is 1. The highest BCUT2D eigenvalue weighted by molar-refractivity contribution is 7.99. The number of thiophene rings is 1. The second-order valence-corrected chi connectivity index (χ2v) is 9.50. The predicted molar refractivity (Wildman–Crippen MR) is 140 cm³/mol. The van der Waals surface area contributed by atoms with E-state index in [0.717, 1.165) is 17.3 Å². The van der Waals surface area contributed by atoms with Crippen LogP contribution in [0.5, 0.6) is 11.5 Å². The summed E-state index contributed by atoms with van der Waals surface area (Å²) in [5.74, 6) is 0.297. The van der Waals surface area contributed by atoms with E-state index in [4.69, 9.17) is 9.47 Å². The van der Waals surface area contributed by atoms with Crippen LogP contribution in [-0.4, -0.2) is 53.2 Å². The smallest absolute Gasteiger partial charge is 0.387 e. The lowest BCUT2D eigenvalue weighted by atomic mass is 10.0. The monoisotopic (exact) mass is 560 g/mol. The van der Waals surface area contributed by atoms with Gasteiger partial charge in [-0.2, -0.15) is 8.78 Å². The number of esters is 1. The summed E-state index contributed by atoms with van der Waals surface area (Å²) in [7, 11) is 4.58. The van der Waals surface area contributed by atoms with Crippen LogP contribution in [0.3, 0.4) is 0 Å². The first-order valence-corrected chi connectivity index (χ1v) is 12.9. The number of amides is 1. The van der Waals surface area contributed by atoms with E-state index < -0.39 is 12.6 Å². The fourth-order valence-electron chi connectivity index (χ4n) is 3.51. The van der Waals surface area contributed by atoms with Gasteiger partial charge in [0.1, 0.15) is 22.1 Å². The quantitative estimate of drug-likeness (QED) is 0.205. The number of nitrogens with one attached hydrogen (secondary N) is 1. The van der Waals surface area contributed by atoms with Gasteiger partial charge in [-0.25, -0.2) is 4.79 Å². The zero-order valence-electron chi connectivity index (χ0n) is 20.4. The Hall–Kier alpha value is -3.97. The maximum absolute atomic E-state index is 12.8. The molecule has 2 aromatic heterocycles. The molecule has 2 aromatic carbocycles. The van der Waals surface area contributed by atoms with E-state index in [-0.39, 0.29) is 23.0 Å². The van der Waals surface area contributed by atoms with Crippen molar-refractivity contribution in [3.05, 3.63) is 59.5 Å². The number of benzene rings is 2. The fourth-order valence-corrected chi connectivity index (χ4v) is 5.19. The Morgan fingerprint density at radius 3 is 2.32 bits per heavy atom. The molecule has 1 amide bonds. The Labute approximate surface area is 224 Å².